The molecule has 0 bridgehead atoms. The molecule has 0 aromatic heterocycles. The summed E-state index contributed by atoms with van der Waals surface area (Å²) in [6, 6.07) is 0. The average Bonchev–Trinajstić information content (AvgIpc) is 2.43. The molecule has 0 amide bonds. The van der Waals surface area contributed by atoms with E-state index in [0.29, 0.717) is 0 Å². The molecule has 1 aliphatic carbocycles. The molecule has 0 spiro atoms. The van der Waals surface area contributed by atoms with Crippen LogP contribution in [-0.2, 0) is 9.47 Å². The van der Waals surface area contributed by atoms with Gasteiger partial charge in [0.25, 0.3) is 0 Å². The summed E-state index contributed by atoms with van der Waals surface area (Å²) in [4.78, 5) is 0. The monoisotopic (exact) mass is 250 g/mol. The van der Waals surface area contributed by atoms with Crippen LogP contribution in [0.15, 0.2) is 0 Å². The Morgan fingerprint density at radius 3 is 2.61 bits per heavy atom. The van der Waals surface area contributed by atoms with Gasteiger partial charge in [0.1, 0.15) is 5.60 Å². The largest absolute Gasteiger partial charge is 0.353 e. The molecule has 0 aromatic carbocycles. The first kappa shape index (κ1) is 13.9. The molecule has 0 aromatic rings. The number of hydrogen-bond acceptors (Lipinski definition) is 2. The summed E-state index contributed by atoms with van der Waals surface area (Å²) in [6.45, 7) is 3.08. The predicted octanol–water partition coefficient (Wildman–Crippen LogP) is 3.89. The predicted molar refractivity (Wildman–Crippen MR) is 73.1 cm³/mol. The van der Waals surface area contributed by atoms with Crippen molar-refractivity contribution in [3.8, 4) is 12.3 Å². The quantitative estimate of drug-likeness (QED) is 0.705. The van der Waals surface area contributed by atoms with Crippen LogP contribution >= 0.6 is 0 Å². The highest BCUT2D eigenvalue weighted by molar-refractivity contribution is 5.10. The fourth-order valence-corrected chi connectivity index (χ4v) is 3.19. The lowest BCUT2D eigenvalue weighted by atomic mass is 9.77. The fraction of sp³-hybridized carbons (Fsp3) is 0.875. The van der Waals surface area contributed by atoms with Gasteiger partial charge in [0, 0.05) is 6.61 Å². The van der Waals surface area contributed by atoms with Crippen molar-refractivity contribution in [2.75, 3.05) is 6.61 Å². The van der Waals surface area contributed by atoms with Gasteiger partial charge in [-0.15, -0.1) is 6.42 Å². The molecule has 1 heterocycles. The average molecular weight is 250 g/mol. The Kier molecular flexibility index (Phi) is 5.09. The van der Waals surface area contributed by atoms with E-state index >= 15 is 0 Å². The van der Waals surface area contributed by atoms with Crippen LogP contribution in [-0.4, -0.2) is 18.5 Å². The van der Waals surface area contributed by atoms with E-state index in [4.69, 9.17) is 15.9 Å². The van der Waals surface area contributed by atoms with Crippen molar-refractivity contribution in [3.05, 3.63) is 0 Å². The lowest BCUT2D eigenvalue weighted by Crippen LogP contribution is -2.41. The highest BCUT2D eigenvalue weighted by Crippen LogP contribution is 2.38. The summed E-state index contributed by atoms with van der Waals surface area (Å²) in [5, 5.41) is 0. The first-order chi connectivity index (χ1) is 8.78. The summed E-state index contributed by atoms with van der Waals surface area (Å²) in [6.07, 6.45) is 16.1. The topological polar surface area (TPSA) is 18.5 Å². The summed E-state index contributed by atoms with van der Waals surface area (Å²) in [5.74, 6) is 3.78. The molecule has 102 valence electrons. The smallest absolute Gasteiger partial charge is 0.159 e. The third kappa shape index (κ3) is 3.49. The summed E-state index contributed by atoms with van der Waals surface area (Å²) in [5.41, 5.74) is -0.341. The van der Waals surface area contributed by atoms with Gasteiger partial charge < -0.3 is 9.47 Å². The Labute approximate surface area is 111 Å². The van der Waals surface area contributed by atoms with Gasteiger partial charge in [-0.25, -0.2) is 0 Å². The number of hydrogen-bond donors (Lipinski definition) is 0. The molecule has 1 saturated heterocycles. The van der Waals surface area contributed by atoms with E-state index in [1.54, 1.807) is 0 Å². The van der Waals surface area contributed by atoms with Gasteiger partial charge in [-0.05, 0) is 50.9 Å². The third-order valence-corrected chi connectivity index (χ3v) is 4.37. The molecule has 0 N–H and O–H groups in total. The summed E-state index contributed by atoms with van der Waals surface area (Å²) in [7, 11) is 0. The second-order valence-electron chi connectivity index (χ2n) is 5.78. The maximum absolute atomic E-state index is 6.14. The first-order valence-corrected chi connectivity index (χ1v) is 7.55. The first-order valence-electron chi connectivity index (χ1n) is 7.55. The van der Waals surface area contributed by atoms with E-state index in [2.05, 4.69) is 12.8 Å². The highest BCUT2D eigenvalue weighted by Gasteiger charge is 2.37. The molecule has 2 fully saturated rings. The minimum atomic E-state index is -0.341. The Morgan fingerprint density at radius 1 is 1.28 bits per heavy atom. The van der Waals surface area contributed by atoms with Crippen molar-refractivity contribution in [2.45, 2.75) is 76.6 Å². The Hall–Kier alpha value is -0.520. The standard InChI is InChI=1S/C16H26O2/c1-3-7-14-9-11-16(4-2,12-10-14)18-15-8-5-6-13-17-15/h2,14-15H,3,5-13H2,1H3. The van der Waals surface area contributed by atoms with Crippen molar-refractivity contribution in [2.24, 2.45) is 5.92 Å². The van der Waals surface area contributed by atoms with Crippen LogP contribution in [0.1, 0.15) is 64.7 Å². The van der Waals surface area contributed by atoms with Crippen LogP contribution in [0.5, 0.6) is 0 Å². The molecule has 1 atom stereocenters. The maximum Gasteiger partial charge on any atom is 0.159 e. The van der Waals surface area contributed by atoms with E-state index < -0.39 is 0 Å². The van der Waals surface area contributed by atoms with Crippen LogP contribution < -0.4 is 0 Å². The minimum absolute atomic E-state index is 0.0578. The number of ether oxygens (including phenoxy) is 2. The van der Waals surface area contributed by atoms with E-state index in [1.807, 2.05) is 0 Å². The van der Waals surface area contributed by atoms with Crippen molar-refractivity contribution in [1.29, 1.82) is 0 Å². The molecule has 2 nitrogen and oxygen atoms in total. The van der Waals surface area contributed by atoms with E-state index in [1.165, 1.54) is 32.1 Å². The normalized spacial score (nSPS) is 37.1. The minimum Gasteiger partial charge on any atom is -0.353 e. The van der Waals surface area contributed by atoms with E-state index in [9.17, 15) is 0 Å². The third-order valence-electron chi connectivity index (χ3n) is 4.37. The van der Waals surface area contributed by atoms with Crippen LogP contribution in [0.4, 0.5) is 0 Å². The zero-order chi connectivity index (χ0) is 12.8. The molecule has 1 aliphatic heterocycles. The second kappa shape index (κ2) is 6.59. The molecule has 2 aliphatic rings. The second-order valence-corrected chi connectivity index (χ2v) is 5.78. The molecule has 1 unspecified atom stereocenters. The maximum atomic E-state index is 6.14. The van der Waals surface area contributed by atoms with Gasteiger partial charge in [-0.3, -0.25) is 0 Å². The Morgan fingerprint density at radius 2 is 2.06 bits per heavy atom. The van der Waals surface area contributed by atoms with Gasteiger partial charge in [0.2, 0.25) is 0 Å². The Balaban J connectivity index is 1.86. The molecule has 2 heteroatoms. The summed E-state index contributed by atoms with van der Waals surface area (Å²) < 4.78 is 11.8. The van der Waals surface area contributed by atoms with Crippen molar-refractivity contribution in [1.82, 2.24) is 0 Å². The highest BCUT2D eigenvalue weighted by atomic mass is 16.7. The van der Waals surface area contributed by atoms with E-state index in [-0.39, 0.29) is 11.9 Å². The van der Waals surface area contributed by atoms with Gasteiger partial charge in [0.05, 0.1) is 0 Å². The van der Waals surface area contributed by atoms with Crippen molar-refractivity contribution >= 4 is 0 Å². The zero-order valence-electron chi connectivity index (χ0n) is 11.6. The number of rotatable bonds is 4. The van der Waals surface area contributed by atoms with Crippen LogP contribution in [0.2, 0.25) is 0 Å². The van der Waals surface area contributed by atoms with Gasteiger partial charge >= 0.3 is 0 Å². The SMILES string of the molecule is C#CC1(OC2CCCCO2)CCC(CCC)CC1. The van der Waals surface area contributed by atoms with Crippen molar-refractivity contribution in [3.63, 3.8) is 0 Å². The van der Waals surface area contributed by atoms with Gasteiger partial charge in [0.15, 0.2) is 6.29 Å². The molecule has 18 heavy (non-hydrogen) atoms. The molecular weight excluding hydrogens is 224 g/mol. The lowest BCUT2D eigenvalue weighted by molar-refractivity contribution is -0.216. The molecule has 0 radical (unpaired) electrons. The summed E-state index contributed by atoms with van der Waals surface area (Å²) >= 11 is 0. The van der Waals surface area contributed by atoms with Gasteiger partial charge in [-0.1, -0.05) is 25.7 Å². The zero-order valence-corrected chi connectivity index (χ0v) is 11.6. The van der Waals surface area contributed by atoms with Crippen LogP contribution in [0, 0.1) is 18.3 Å². The van der Waals surface area contributed by atoms with Crippen LogP contribution in [0.25, 0.3) is 0 Å². The fourth-order valence-electron chi connectivity index (χ4n) is 3.19. The number of terminal acetylenes is 1. The molecular formula is C16H26O2. The molecule has 1 saturated carbocycles. The van der Waals surface area contributed by atoms with Gasteiger partial charge in [-0.2, -0.15) is 0 Å². The van der Waals surface area contributed by atoms with Crippen molar-refractivity contribution < 1.29 is 9.47 Å². The molecule has 2 rings (SSSR count). The Bertz CT molecular complexity index is 278. The van der Waals surface area contributed by atoms with Crippen LogP contribution in [0.3, 0.4) is 0 Å². The van der Waals surface area contributed by atoms with E-state index in [0.717, 1.165) is 38.2 Å². The lowest BCUT2D eigenvalue weighted by Gasteiger charge is -2.39.